The first-order chi connectivity index (χ1) is 9.44. The molecule has 1 atom stereocenters. The van der Waals surface area contributed by atoms with E-state index in [4.69, 9.17) is 0 Å². The highest BCUT2D eigenvalue weighted by Gasteiger charge is 2.19. The van der Waals surface area contributed by atoms with Crippen molar-refractivity contribution in [2.75, 3.05) is 16.3 Å². The van der Waals surface area contributed by atoms with E-state index in [-0.39, 0.29) is 0 Å². The van der Waals surface area contributed by atoms with Gasteiger partial charge >= 0.3 is 0 Å². The smallest absolute Gasteiger partial charge is 0.229 e. The molecule has 0 amide bonds. The topological polar surface area (TPSA) is 58.2 Å². The fourth-order valence-corrected chi connectivity index (χ4v) is 3.43. The van der Waals surface area contributed by atoms with E-state index in [1.807, 2.05) is 12.1 Å². The summed E-state index contributed by atoms with van der Waals surface area (Å²) >= 11 is 0. The first kappa shape index (κ1) is 15.2. The summed E-state index contributed by atoms with van der Waals surface area (Å²) in [6, 6.07) is 7.89. The van der Waals surface area contributed by atoms with Crippen molar-refractivity contribution in [1.82, 2.24) is 0 Å². The zero-order valence-corrected chi connectivity index (χ0v) is 13.0. The molecule has 0 unspecified atom stereocenters. The normalized spacial score (nSPS) is 18.5. The van der Waals surface area contributed by atoms with Gasteiger partial charge in [0.05, 0.1) is 6.26 Å². The van der Waals surface area contributed by atoms with Gasteiger partial charge in [-0.3, -0.25) is 4.72 Å². The molecular formula is C15H24N2O2S. The van der Waals surface area contributed by atoms with Gasteiger partial charge in [-0.1, -0.05) is 19.3 Å². The van der Waals surface area contributed by atoms with Crippen LogP contribution >= 0.6 is 0 Å². The van der Waals surface area contributed by atoms with Crippen molar-refractivity contribution in [2.24, 2.45) is 5.92 Å². The molecule has 1 aliphatic carbocycles. The Kier molecular flexibility index (Phi) is 4.91. The van der Waals surface area contributed by atoms with E-state index in [0.29, 0.717) is 11.7 Å². The number of sulfonamides is 1. The molecule has 0 heterocycles. The third kappa shape index (κ3) is 4.71. The molecule has 1 aromatic carbocycles. The summed E-state index contributed by atoms with van der Waals surface area (Å²) in [4.78, 5) is 0. The molecule has 2 rings (SSSR count). The number of nitrogens with one attached hydrogen (secondary N) is 2. The van der Waals surface area contributed by atoms with Crippen molar-refractivity contribution in [3.05, 3.63) is 24.3 Å². The summed E-state index contributed by atoms with van der Waals surface area (Å²) in [5.74, 6) is 0.748. The van der Waals surface area contributed by atoms with Gasteiger partial charge in [-0.25, -0.2) is 8.42 Å². The Labute approximate surface area is 122 Å². The number of hydrogen-bond acceptors (Lipinski definition) is 3. The highest BCUT2D eigenvalue weighted by molar-refractivity contribution is 7.92. The minimum absolute atomic E-state index is 0.462. The molecule has 112 valence electrons. The zero-order valence-electron chi connectivity index (χ0n) is 12.2. The predicted molar refractivity (Wildman–Crippen MR) is 84.6 cm³/mol. The van der Waals surface area contributed by atoms with Crippen LogP contribution in [0.2, 0.25) is 0 Å². The molecule has 0 saturated heterocycles. The van der Waals surface area contributed by atoms with Crippen LogP contribution in [0.3, 0.4) is 0 Å². The van der Waals surface area contributed by atoms with Crippen molar-refractivity contribution in [1.29, 1.82) is 0 Å². The van der Waals surface area contributed by atoms with Crippen molar-refractivity contribution in [3.63, 3.8) is 0 Å². The first-order valence-electron chi connectivity index (χ1n) is 7.28. The summed E-state index contributed by atoms with van der Waals surface area (Å²) in [6.07, 6.45) is 7.82. The van der Waals surface area contributed by atoms with Crippen molar-refractivity contribution < 1.29 is 8.42 Å². The van der Waals surface area contributed by atoms with E-state index in [0.717, 1.165) is 17.9 Å². The number of rotatable bonds is 5. The van der Waals surface area contributed by atoms with Gasteiger partial charge in [0, 0.05) is 17.4 Å². The third-order valence-electron chi connectivity index (χ3n) is 3.94. The van der Waals surface area contributed by atoms with E-state index in [2.05, 4.69) is 17.0 Å². The van der Waals surface area contributed by atoms with E-state index in [9.17, 15) is 8.42 Å². The third-order valence-corrected chi connectivity index (χ3v) is 4.55. The lowest BCUT2D eigenvalue weighted by molar-refractivity contribution is 0.328. The molecule has 1 aromatic rings. The van der Waals surface area contributed by atoms with Crippen LogP contribution in [-0.2, 0) is 10.0 Å². The van der Waals surface area contributed by atoms with Gasteiger partial charge in [0.15, 0.2) is 0 Å². The molecular weight excluding hydrogens is 272 g/mol. The summed E-state index contributed by atoms with van der Waals surface area (Å²) in [5, 5.41) is 3.52. The molecule has 1 aliphatic rings. The molecule has 20 heavy (non-hydrogen) atoms. The SMILES string of the molecule is C[C@@H](Nc1ccc(NS(C)(=O)=O)cc1)C1CCCCC1. The van der Waals surface area contributed by atoms with Gasteiger partial charge in [0.25, 0.3) is 0 Å². The molecule has 5 heteroatoms. The highest BCUT2D eigenvalue weighted by atomic mass is 32.2. The Balaban J connectivity index is 1.92. The van der Waals surface area contributed by atoms with Gasteiger partial charge in [-0.15, -0.1) is 0 Å². The quantitative estimate of drug-likeness (QED) is 0.875. The predicted octanol–water partition coefficient (Wildman–Crippen LogP) is 3.44. The number of benzene rings is 1. The van der Waals surface area contributed by atoms with Crippen LogP contribution in [0.5, 0.6) is 0 Å². The molecule has 2 N–H and O–H groups in total. The van der Waals surface area contributed by atoms with Crippen LogP contribution in [0.25, 0.3) is 0 Å². The monoisotopic (exact) mass is 296 g/mol. The van der Waals surface area contributed by atoms with Gasteiger partial charge in [-0.2, -0.15) is 0 Å². The maximum absolute atomic E-state index is 11.1. The van der Waals surface area contributed by atoms with E-state index >= 15 is 0 Å². The second-order valence-corrected chi connectivity index (χ2v) is 7.53. The average Bonchev–Trinajstić information content (AvgIpc) is 2.40. The second-order valence-electron chi connectivity index (χ2n) is 5.78. The van der Waals surface area contributed by atoms with E-state index in [1.54, 1.807) is 12.1 Å². The van der Waals surface area contributed by atoms with Gasteiger partial charge in [0.2, 0.25) is 10.0 Å². The lowest BCUT2D eigenvalue weighted by Crippen LogP contribution is -2.27. The van der Waals surface area contributed by atoms with Gasteiger partial charge < -0.3 is 5.32 Å². The number of hydrogen-bond donors (Lipinski definition) is 2. The molecule has 0 aliphatic heterocycles. The molecule has 0 spiro atoms. The lowest BCUT2D eigenvalue weighted by Gasteiger charge is -2.29. The average molecular weight is 296 g/mol. The standard InChI is InChI=1S/C15H24N2O2S/c1-12(13-6-4-3-5-7-13)16-14-8-10-15(11-9-14)17-20(2,18)19/h8-13,16-17H,3-7H2,1-2H3/t12-/m1/s1. The fraction of sp³-hybridized carbons (Fsp3) is 0.600. The molecule has 1 fully saturated rings. The Hall–Kier alpha value is -1.23. The molecule has 0 aromatic heterocycles. The van der Waals surface area contributed by atoms with Crippen LogP contribution in [0.15, 0.2) is 24.3 Å². The highest BCUT2D eigenvalue weighted by Crippen LogP contribution is 2.28. The van der Waals surface area contributed by atoms with Crippen molar-refractivity contribution in [2.45, 2.75) is 45.1 Å². The Bertz CT molecular complexity index is 519. The van der Waals surface area contributed by atoms with Gasteiger partial charge in [0.1, 0.15) is 0 Å². The van der Waals surface area contributed by atoms with Crippen LogP contribution < -0.4 is 10.0 Å². The Morgan fingerprint density at radius 3 is 2.15 bits per heavy atom. The maximum Gasteiger partial charge on any atom is 0.229 e. The molecule has 0 bridgehead atoms. The summed E-state index contributed by atoms with van der Waals surface area (Å²) in [5.41, 5.74) is 1.64. The molecule has 1 saturated carbocycles. The molecule has 4 nitrogen and oxygen atoms in total. The lowest BCUT2D eigenvalue weighted by atomic mass is 9.84. The minimum atomic E-state index is -3.20. The minimum Gasteiger partial charge on any atom is -0.382 e. The van der Waals surface area contributed by atoms with Crippen LogP contribution in [0, 0.1) is 5.92 Å². The second kappa shape index (κ2) is 6.48. The van der Waals surface area contributed by atoms with Crippen LogP contribution in [0.4, 0.5) is 11.4 Å². The molecule has 0 radical (unpaired) electrons. The van der Waals surface area contributed by atoms with Gasteiger partial charge in [-0.05, 0) is 49.9 Å². The zero-order chi connectivity index (χ0) is 14.6. The van der Waals surface area contributed by atoms with E-state index in [1.165, 1.54) is 32.1 Å². The number of anilines is 2. The Morgan fingerprint density at radius 2 is 1.60 bits per heavy atom. The van der Waals surface area contributed by atoms with Crippen LogP contribution in [-0.4, -0.2) is 20.7 Å². The Morgan fingerprint density at radius 1 is 1.05 bits per heavy atom. The summed E-state index contributed by atoms with van der Waals surface area (Å²) < 4.78 is 24.8. The van der Waals surface area contributed by atoms with Crippen molar-refractivity contribution >= 4 is 21.4 Å². The summed E-state index contributed by atoms with van der Waals surface area (Å²) in [7, 11) is -3.20. The first-order valence-corrected chi connectivity index (χ1v) is 9.17. The fourth-order valence-electron chi connectivity index (χ4n) is 2.86. The largest absolute Gasteiger partial charge is 0.382 e. The van der Waals surface area contributed by atoms with Crippen LogP contribution in [0.1, 0.15) is 39.0 Å². The maximum atomic E-state index is 11.1. The van der Waals surface area contributed by atoms with E-state index < -0.39 is 10.0 Å². The summed E-state index contributed by atoms with van der Waals surface area (Å²) in [6.45, 7) is 2.23. The van der Waals surface area contributed by atoms with Crippen molar-refractivity contribution in [3.8, 4) is 0 Å².